The van der Waals surface area contributed by atoms with Crippen molar-refractivity contribution in [1.82, 2.24) is 9.97 Å². The number of hydrogen-bond acceptors (Lipinski definition) is 5. The number of rotatable bonds is 3. The van der Waals surface area contributed by atoms with Crippen LogP contribution in [0.5, 0.6) is 0 Å². The second kappa shape index (κ2) is 5.11. The summed E-state index contributed by atoms with van der Waals surface area (Å²) in [4.78, 5) is 18.6. The Kier molecular flexibility index (Phi) is 3.55. The molecule has 7 heteroatoms. The van der Waals surface area contributed by atoms with Crippen LogP contribution in [-0.2, 0) is 0 Å². The summed E-state index contributed by atoms with van der Waals surface area (Å²) in [6, 6.07) is 9.23. The van der Waals surface area contributed by atoms with E-state index in [0.29, 0.717) is 0 Å². The molecule has 0 amide bonds. The van der Waals surface area contributed by atoms with E-state index >= 15 is 0 Å². The molecular weight excluding hydrogens is 262 g/mol. The van der Waals surface area contributed by atoms with Crippen molar-refractivity contribution in [1.29, 1.82) is 0 Å². The molecule has 0 saturated heterocycles. The summed E-state index contributed by atoms with van der Waals surface area (Å²) in [5, 5.41) is 11.0. The van der Waals surface area contributed by atoms with Crippen molar-refractivity contribution in [3.05, 3.63) is 51.9 Å². The third kappa shape index (κ3) is 2.92. The number of halogens is 1. The lowest BCUT2D eigenvalue weighted by Crippen LogP contribution is -1.95. The van der Waals surface area contributed by atoms with Crippen LogP contribution in [-0.4, -0.2) is 14.9 Å². The first kappa shape index (κ1) is 11.8. The molecule has 17 heavy (non-hydrogen) atoms. The van der Waals surface area contributed by atoms with E-state index in [1.165, 1.54) is 11.8 Å². The van der Waals surface area contributed by atoms with Crippen molar-refractivity contribution in [2.45, 2.75) is 9.92 Å². The van der Waals surface area contributed by atoms with E-state index < -0.39 is 4.92 Å². The molecule has 0 unspecified atom stereocenters. The van der Waals surface area contributed by atoms with E-state index in [1.54, 1.807) is 0 Å². The molecule has 0 spiro atoms. The smallest absolute Gasteiger partial charge is 0.258 e. The summed E-state index contributed by atoms with van der Waals surface area (Å²) in [6.07, 6.45) is 1.11. The highest BCUT2D eigenvalue weighted by Crippen LogP contribution is 2.32. The van der Waals surface area contributed by atoms with E-state index in [4.69, 9.17) is 11.6 Å². The van der Waals surface area contributed by atoms with Gasteiger partial charge >= 0.3 is 5.69 Å². The highest BCUT2D eigenvalue weighted by Gasteiger charge is 2.17. The van der Waals surface area contributed by atoms with Crippen LogP contribution in [0.3, 0.4) is 0 Å². The van der Waals surface area contributed by atoms with Gasteiger partial charge in [-0.2, -0.15) is 0 Å². The van der Waals surface area contributed by atoms with Gasteiger partial charge in [-0.15, -0.1) is 0 Å². The first-order valence-corrected chi connectivity index (χ1v) is 5.76. The summed E-state index contributed by atoms with van der Waals surface area (Å²) in [7, 11) is 0. The minimum Gasteiger partial charge on any atom is -0.258 e. The number of nitro groups is 1. The minimum absolute atomic E-state index is 0.00553. The minimum atomic E-state index is -0.526. The molecule has 2 aromatic rings. The van der Waals surface area contributed by atoms with Gasteiger partial charge in [-0.3, -0.25) is 10.1 Å². The number of aromatic nitrogens is 2. The molecule has 1 aromatic heterocycles. The molecule has 0 atom stereocenters. The van der Waals surface area contributed by atoms with E-state index in [9.17, 15) is 10.1 Å². The van der Waals surface area contributed by atoms with Crippen molar-refractivity contribution in [2.24, 2.45) is 0 Å². The van der Waals surface area contributed by atoms with Crippen LogP contribution in [0.2, 0.25) is 5.28 Å². The molecule has 0 N–H and O–H groups in total. The van der Waals surface area contributed by atoms with Crippen molar-refractivity contribution in [3.63, 3.8) is 0 Å². The third-order valence-electron chi connectivity index (χ3n) is 1.86. The standard InChI is InChI=1S/C10H6ClN3O2S/c11-10-12-6-8(14(15)16)9(13-10)17-7-4-2-1-3-5-7/h1-6H. The van der Waals surface area contributed by atoms with Crippen molar-refractivity contribution >= 4 is 29.1 Å². The Morgan fingerprint density at radius 1 is 1.29 bits per heavy atom. The van der Waals surface area contributed by atoms with Crippen molar-refractivity contribution < 1.29 is 4.92 Å². The van der Waals surface area contributed by atoms with Crippen LogP contribution < -0.4 is 0 Å². The Morgan fingerprint density at radius 3 is 2.65 bits per heavy atom. The normalized spacial score (nSPS) is 10.2. The fourth-order valence-corrected chi connectivity index (χ4v) is 2.20. The summed E-state index contributed by atoms with van der Waals surface area (Å²) in [5.41, 5.74) is -0.150. The van der Waals surface area contributed by atoms with Crippen LogP contribution >= 0.6 is 23.4 Å². The maximum atomic E-state index is 10.8. The molecule has 0 aliphatic heterocycles. The second-order valence-electron chi connectivity index (χ2n) is 3.00. The fourth-order valence-electron chi connectivity index (χ4n) is 1.14. The summed E-state index contributed by atoms with van der Waals surface area (Å²) in [6.45, 7) is 0. The molecule has 1 aromatic carbocycles. The van der Waals surface area contributed by atoms with Crippen molar-refractivity contribution in [2.75, 3.05) is 0 Å². The Morgan fingerprint density at radius 2 is 2.00 bits per heavy atom. The maximum Gasteiger partial charge on any atom is 0.319 e. The van der Waals surface area contributed by atoms with Crippen LogP contribution in [0.1, 0.15) is 0 Å². The molecule has 0 aliphatic rings. The van der Waals surface area contributed by atoms with Gasteiger partial charge in [-0.05, 0) is 23.7 Å². The molecule has 0 radical (unpaired) electrons. The van der Waals surface area contributed by atoms with Gasteiger partial charge in [-0.1, -0.05) is 30.0 Å². The zero-order chi connectivity index (χ0) is 12.3. The molecule has 86 valence electrons. The van der Waals surface area contributed by atoms with Gasteiger partial charge in [0.05, 0.1) is 4.92 Å². The van der Waals surface area contributed by atoms with Crippen LogP contribution in [0.15, 0.2) is 46.5 Å². The lowest BCUT2D eigenvalue weighted by atomic mass is 10.4. The average molecular weight is 268 g/mol. The molecule has 0 saturated carbocycles. The molecule has 5 nitrogen and oxygen atoms in total. The molecule has 0 fully saturated rings. The summed E-state index contributed by atoms with van der Waals surface area (Å²) in [5.74, 6) is 0. The van der Waals surface area contributed by atoms with Gasteiger partial charge in [0.15, 0.2) is 5.03 Å². The third-order valence-corrected chi connectivity index (χ3v) is 3.04. The zero-order valence-electron chi connectivity index (χ0n) is 8.41. The van der Waals surface area contributed by atoms with Gasteiger partial charge in [0.2, 0.25) is 5.28 Å². The molecule has 2 rings (SSSR count). The molecule has 1 heterocycles. The number of nitrogens with zero attached hydrogens (tertiary/aromatic N) is 3. The van der Waals surface area contributed by atoms with E-state index in [2.05, 4.69) is 9.97 Å². The first-order valence-electron chi connectivity index (χ1n) is 4.56. The topological polar surface area (TPSA) is 68.9 Å². The molecular formula is C10H6ClN3O2S. The fraction of sp³-hybridized carbons (Fsp3) is 0. The SMILES string of the molecule is O=[N+]([O-])c1cnc(Cl)nc1Sc1ccccc1. The van der Waals surface area contributed by atoms with Gasteiger partial charge in [0, 0.05) is 4.90 Å². The van der Waals surface area contributed by atoms with E-state index in [-0.39, 0.29) is 16.0 Å². The van der Waals surface area contributed by atoms with Gasteiger partial charge in [-0.25, -0.2) is 9.97 Å². The predicted molar refractivity (Wildman–Crippen MR) is 64.3 cm³/mol. The Hall–Kier alpha value is -1.66. The second-order valence-corrected chi connectivity index (χ2v) is 4.40. The molecule has 0 bridgehead atoms. The quantitative estimate of drug-likeness (QED) is 0.370. The van der Waals surface area contributed by atoms with Crippen LogP contribution in [0, 0.1) is 10.1 Å². The summed E-state index contributed by atoms with van der Waals surface area (Å²) >= 11 is 6.81. The lowest BCUT2D eigenvalue weighted by molar-refractivity contribution is -0.388. The maximum absolute atomic E-state index is 10.8. The average Bonchev–Trinajstić information content (AvgIpc) is 2.30. The van der Waals surface area contributed by atoms with Crippen LogP contribution in [0.25, 0.3) is 0 Å². The Labute approximate surface area is 106 Å². The lowest BCUT2D eigenvalue weighted by Gasteiger charge is -2.01. The number of hydrogen-bond donors (Lipinski definition) is 0. The molecule has 0 aliphatic carbocycles. The zero-order valence-corrected chi connectivity index (χ0v) is 9.98. The van der Waals surface area contributed by atoms with Crippen molar-refractivity contribution in [3.8, 4) is 0 Å². The predicted octanol–water partition coefficient (Wildman–Crippen LogP) is 3.19. The Bertz CT molecular complexity index is 551. The number of benzene rings is 1. The monoisotopic (exact) mass is 267 g/mol. The van der Waals surface area contributed by atoms with Gasteiger partial charge in [0.1, 0.15) is 6.20 Å². The summed E-state index contributed by atoms with van der Waals surface area (Å²) < 4.78 is 0. The van der Waals surface area contributed by atoms with E-state index in [1.807, 2.05) is 30.3 Å². The van der Waals surface area contributed by atoms with Gasteiger partial charge < -0.3 is 0 Å². The highest BCUT2D eigenvalue weighted by atomic mass is 35.5. The largest absolute Gasteiger partial charge is 0.319 e. The Balaban J connectivity index is 2.37. The van der Waals surface area contributed by atoms with E-state index in [0.717, 1.165) is 11.1 Å². The highest BCUT2D eigenvalue weighted by molar-refractivity contribution is 7.99. The van der Waals surface area contributed by atoms with Crippen LogP contribution in [0.4, 0.5) is 5.69 Å². The first-order chi connectivity index (χ1) is 8.16. The van der Waals surface area contributed by atoms with Gasteiger partial charge in [0.25, 0.3) is 0 Å².